The van der Waals surface area contributed by atoms with Crippen LogP contribution in [0.15, 0.2) is 129 Å². The highest BCUT2D eigenvalue weighted by molar-refractivity contribution is 8.02. The van der Waals surface area contributed by atoms with E-state index < -0.39 is 45.9 Å². The molecule has 0 aliphatic carbocycles. The van der Waals surface area contributed by atoms with Crippen molar-refractivity contribution in [2.75, 3.05) is 0 Å². The average molecular weight is 832 g/mol. The fourth-order valence-electron chi connectivity index (χ4n) is 8.44. The molecular weight excluding hydrogens is 765 g/mol. The molecule has 0 N–H and O–H groups in total. The first-order chi connectivity index (χ1) is 31.3. The molecule has 0 radical (unpaired) electrons. The second-order valence-corrected chi connectivity index (χ2v) is 23.5. The number of aryl methyl sites for hydroxylation is 2. The van der Waals surface area contributed by atoms with Gasteiger partial charge in [-0.05, 0) is 172 Å². The second kappa shape index (κ2) is 14.8. The van der Waals surface area contributed by atoms with E-state index in [1.165, 1.54) is 25.1 Å². The van der Waals surface area contributed by atoms with Crippen LogP contribution in [0.1, 0.15) is 122 Å². The van der Waals surface area contributed by atoms with E-state index in [1.807, 2.05) is 48.5 Å². The van der Waals surface area contributed by atoms with Gasteiger partial charge in [0.15, 0.2) is 0 Å². The van der Waals surface area contributed by atoms with Crippen molar-refractivity contribution < 1.29 is 15.1 Å². The molecule has 0 spiro atoms. The maximum atomic E-state index is 9.39. The van der Waals surface area contributed by atoms with Crippen LogP contribution in [0.5, 0.6) is 0 Å². The van der Waals surface area contributed by atoms with E-state index in [1.54, 1.807) is 59.2 Å². The Balaban J connectivity index is 1.50. The number of hydrogen-bond acceptors (Lipinski definition) is 4. The van der Waals surface area contributed by atoms with Crippen molar-refractivity contribution >= 4 is 47.0 Å². The first-order valence-electron chi connectivity index (χ1n) is 24.8. The van der Waals surface area contributed by atoms with Crippen LogP contribution in [-0.4, -0.2) is 0 Å². The van der Waals surface area contributed by atoms with Crippen LogP contribution < -0.4 is 0 Å². The van der Waals surface area contributed by atoms with Crippen molar-refractivity contribution in [3.63, 3.8) is 0 Å². The van der Waals surface area contributed by atoms with Crippen LogP contribution in [0.25, 0.3) is 33.4 Å². The van der Waals surface area contributed by atoms with Crippen LogP contribution in [0.4, 0.5) is 0 Å². The smallest absolute Gasteiger partial charge is 0.0410 e. The average Bonchev–Trinajstić information content (AvgIpc) is 3.20. The summed E-state index contributed by atoms with van der Waals surface area (Å²) in [4.78, 5) is 3.80. The summed E-state index contributed by atoms with van der Waals surface area (Å²) in [5.41, 5.74) is 4.85. The van der Waals surface area contributed by atoms with Gasteiger partial charge in [-0.1, -0.05) is 104 Å². The maximum absolute atomic E-state index is 9.39. The molecule has 2 aliphatic rings. The Kier molecular flexibility index (Phi) is 7.52. The second-order valence-electron chi connectivity index (χ2n) is 16.9. The summed E-state index contributed by atoms with van der Waals surface area (Å²) in [7, 11) is 0. The van der Waals surface area contributed by atoms with E-state index >= 15 is 0 Å². The summed E-state index contributed by atoms with van der Waals surface area (Å²) in [6, 6.07) is 34.0. The first kappa shape index (κ1) is 29.0. The molecule has 2 heterocycles. The van der Waals surface area contributed by atoms with Gasteiger partial charge in [-0.25, -0.2) is 0 Å². The Morgan fingerprint density at radius 3 is 1.37 bits per heavy atom. The molecule has 0 saturated heterocycles. The lowest BCUT2D eigenvalue weighted by molar-refractivity contribution is 0.726. The van der Waals surface area contributed by atoms with Crippen molar-refractivity contribution in [2.24, 2.45) is 0 Å². The van der Waals surface area contributed by atoms with Gasteiger partial charge >= 0.3 is 0 Å². The van der Waals surface area contributed by atoms with Crippen molar-refractivity contribution in [3.05, 3.63) is 154 Å². The molecular formula is C53H56S4. The van der Waals surface area contributed by atoms with E-state index in [2.05, 4.69) is 85.7 Å². The maximum Gasteiger partial charge on any atom is 0.0410 e. The summed E-state index contributed by atoms with van der Waals surface area (Å²) in [6.07, 6.45) is -2.05. The van der Waals surface area contributed by atoms with E-state index in [0.29, 0.717) is 11.1 Å². The minimum absolute atomic E-state index is 0.0184. The van der Waals surface area contributed by atoms with Gasteiger partial charge in [0.05, 0.1) is 0 Å². The van der Waals surface area contributed by atoms with Gasteiger partial charge < -0.3 is 0 Å². The van der Waals surface area contributed by atoms with Crippen molar-refractivity contribution in [1.82, 2.24) is 0 Å². The van der Waals surface area contributed by atoms with Gasteiger partial charge in [-0.3, -0.25) is 0 Å². The predicted octanol–water partition coefficient (Wildman–Crippen LogP) is 16.9. The third-order valence-corrected chi connectivity index (χ3v) is 16.7. The lowest BCUT2D eigenvalue weighted by atomic mass is 9.83. The number of rotatable bonds is 4. The lowest BCUT2D eigenvalue weighted by Crippen LogP contribution is -2.22. The molecule has 0 amide bonds. The Bertz CT molecular complexity index is 2770. The molecule has 0 fully saturated rings. The van der Waals surface area contributed by atoms with E-state index in [9.17, 15) is 11.0 Å². The molecule has 6 aromatic rings. The van der Waals surface area contributed by atoms with Crippen LogP contribution in [-0.2, 0) is 25.4 Å². The van der Waals surface area contributed by atoms with E-state index in [0.717, 1.165) is 41.8 Å². The standard InChI is InChI=1S/C53H56S4/c1-13-35-29-31-37(34(4)47(35)39-21-19-25-43-49(39)57-51(7,8)41-23-15-17-27-45(41)55-53(43,11)12)36-30-28-32(2)46(33(36)3)38-20-18-24-42-48(38)56-50(5,6)40-22-14-16-26-44(40)54-52(42,9)10/h14-31H,13H2,1-12H3/i2D3,3D3,4D3,13D2. The van der Waals surface area contributed by atoms with Gasteiger partial charge in [-0.15, -0.1) is 47.0 Å². The van der Waals surface area contributed by atoms with Gasteiger partial charge in [0, 0.05) is 53.6 Å². The fourth-order valence-corrected chi connectivity index (χ4v) is 14.5. The van der Waals surface area contributed by atoms with Crippen LogP contribution in [0, 0.1) is 20.6 Å². The summed E-state index contributed by atoms with van der Waals surface area (Å²) in [6.45, 7) is 9.76. The molecule has 0 unspecified atom stereocenters. The normalized spacial score (nSPS) is 21.2. The zero-order valence-corrected chi connectivity index (χ0v) is 37.3. The van der Waals surface area contributed by atoms with E-state index in [-0.39, 0.29) is 44.5 Å². The van der Waals surface area contributed by atoms with Gasteiger partial charge in [-0.2, -0.15) is 0 Å². The van der Waals surface area contributed by atoms with Crippen molar-refractivity contribution in [1.29, 1.82) is 0 Å². The lowest BCUT2D eigenvalue weighted by Gasteiger charge is -2.38. The van der Waals surface area contributed by atoms with Gasteiger partial charge in [0.1, 0.15) is 0 Å². The summed E-state index contributed by atoms with van der Waals surface area (Å²) < 4.78 is 99.4. The molecule has 4 heteroatoms. The largest absolute Gasteiger partial charge is 0.115 e. The summed E-state index contributed by atoms with van der Waals surface area (Å²) in [5, 5.41) is 0. The van der Waals surface area contributed by atoms with Crippen LogP contribution in [0.3, 0.4) is 0 Å². The van der Waals surface area contributed by atoms with Gasteiger partial charge in [0.2, 0.25) is 0 Å². The topological polar surface area (TPSA) is 0 Å². The highest BCUT2D eigenvalue weighted by atomic mass is 32.2. The minimum atomic E-state index is -2.96. The number of hydrogen-bond donors (Lipinski definition) is 0. The monoisotopic (exact) mass is 831 g/mol. The Labute approximate surface area is 375 Å². The third kappa shape index (κ3) is 7.05. The minimum Gasteiger partial charge on any atom is -0.115 e. The number of benzene rings is 6. The molecule has 0 aromatic heterocycles. The molecule has 0 bridgehead atoms. The molecule has 57 heavy (non-hydrogen) atoms. The first-order valence-corrected chi connectivity index (χ1v) is 22.6. The molecule has 8 rings (SSSR count). The quantitative estimate of drug-likeness (QED) is 0.173. The molecule has 2 aliphatic heterocycles. The van der Waals surface area contributed by atoms with Crippen LogP contribution in [0.2, 0.25) is 0 Å². The van der Waals surface area contributed by atoms with E-state index in [4.69, 9.17) is 4.11 Å². The SMILES string of the molecule is [2H]C([2H])([2H])c1ccc(-c2ccc(C([2H])([2H])C)c(-c3cccc4c3SC(C)(C)c3ccccc3SC4(C)C)c2C([2H])([2H])[2H])c(C([2H])([2H])[2H])c1-c1cccc2c1SC(C)(C)c1ccccc1SC2(C)C. The zero-order valence-electron chi connectivity index (χ0n) is 45.0. The summed E-state index contributed by atoms with van der Waals surface area (Å²) in [5.74, 6) is 0. The van der Waals surface area contributed by atoms with Crippen LogP contribution >= 0.6 is 47.0 Å². The number of fused-ring (bicyclic) bond motifs is 4. The molecule has 0 nitrogen and oxygen atoms in total. The summed E-state index contributed by atoms with van der Waals surface area (Å²) >= 11 is 6.59. The Hall–Kier alpha value is -3.28. The third-order valence-electron chi connectivity index (χ3n) is 11.4. The molecule has 0 saturated carbocycles. The van der Waals surface area contributed by atoms with Crippen molar-refractivity contribution in [3.8, 4) is 33.4 Å². The van der Waals surface area contributed by atoms with Gasteiger partial charge in [0.25, 0.3) is 0 Å². The Morgan fingerprint density at radius 1 is 0.439 bits per heavy atom. The predicted molar refractivity (Wildman–Crippen MR) is 255 cm³/mol. The fraction of sp³-hybridized carbons (Fsp3) is 0.321. The highest BCUT2D eigenvalue weighted by Gasteiger charge is 2.38. The molecule has 292 valence electrons. The molecule has 6 aromatic carbocycles. The number of thioether (sulfide) groups is 4. The molecule has 0 atom stereocenters. The zero-order chi connectivity index (χ0) is 49.9. The highest BCUT2D eigenvalue weighted by Crippen LogP contribution is 2.59. The van der Waals surface area contributed by atoms with Crippen molar-refractivity contribution in [2.45, 2.75) is 128 Å². The Morgan fingerprint density at radius 2 is 0.877 bits per heavy atom.